The molecule has 7 nitrogen and oxygen atoms in total. The molecule has 1 saturated heterocycles. The van der Waals surface area contributed by atoms with E-state index in [4.69, 9.17) is 10.5 Å². The van der Waals surface area contributed by atoms with Gasteiger partial charge in [0.05, 0.1) is 13.3 Å². The number of carbonyl (C=O) groups excluding carboxylic acids is 1. The SMILES string of the molecule is COc1ncncc1NC(=O)N1CCCCC1CN. The Bertz CT molecular complexity index is 440. The summed E-state index contributed by atoms with van der Waals surface area (Å²) in [4.78, 5) is 21.9. The zero-order valence-electron chi connectivity index (χ0n) is 11.0. The minimum Gasteiger partial charge on any atom is -0.479 e. The third kappa shape index (κ3) is 3.11. The molecule has 1 aliphatic heterocycles. The van der Waals surface area contributed by atoms with Crippen LogP contribution in [0.15, 0.2) is 12.5 Å². The van der Waals surface area contributed by atoms with Crippen LogP contribution in [0.2, 0.25) is 0 Å². The molecule has 1 unspecified atom stereocenters. The summed E-state index contributed by atoms with van der Waals surface area (Å²) in [6.45, 7) is 1.21. The summed E-state index contributed by atoms with van der Waals surface area (Å²) in [5, 5.41) is 2.78. The van der Waals surface area contributed by atoms with Crippen LogP contribution < -0.4 is 15.8 Å². The Morgan fingerprint density at radius 2 is 2.47 bits per heavy atom. The second-order valence-corrected chi connectivity index (χ2v) is 4.45. The van der Waals surface area contributed by atoms with Crippen LogP contribution in [0.4, 0.5) is 10.5 Å². The number of hydrogen-bond acceptors (Lipinski definition) is 5. The van der Waals surface area contributed by atoms with Crippen LogP contribution in [0, 0.1) is 0 Å². The number of amides is 2. The fourth-order valence-electron chi connectivity index (χ4n) is 2.27. The molecule has 0 radical (unpaired) electrons. The lowest BCUT2D eigenvalue weighted by molar-refractivity contribution is 0.166. The molecule has 0 spiro atoms. The van der Waals surface area contributed by atoms with E-state index in [0.29, 0.717) is 18.1 Å². The fraction of sp³-hybridized carbons (Fsp3) is 0.583. The van der Waals surface area contributed by atoms with Crippen molar-refractivity contribution in [2.75, 3.05) is 25.5 Å². The molecule has 3 N–H and O–H groups in total. The van der Waals surface area contributed by atoms with E-state index in [1.165, 1.54) is 19.6 Å². The zero-order valence-corrected chi connectivity index (χ0v) is 11.0. The van der Waals surface area contributed by atoms with Crippen molar-refractivity contribution >= 4 is 11.7 Å². The number of nitrogens with one attached hydrogen (secondary N) is 1. The van der Waals surface area contributed by atoms with E-state index >= 15 is 0 Å². The number of carbonyl (C=O) groups is 1. The number of anilines is 1. The highest BCUT2D eigenvalue weighted by molar-refractivity contribution is 5.90. The molecular formula is C12H19N5O2. The fourth-order valence-corrected chi connectivity index (χ4v) is 2.27. The van der Waals surface area contributed by atoms with Crippen molar-refractivity contribution < 1.29 is 9.53 Å². The molecular weight excluding hydrogens is 246 g/mol. The van der Waals surface area contributed by atoms with Crippen LogP contribution >= 0.6 is 0 Å². The third-order valence-corrected chi connectivity index (χ3v) is 3.27. The number of urea groups is 1. The van der Waals surface area contributed by atoms with Crippen LogP contribution in [-0.4, -0.2) is 47.1 Å². The number of ether oxygens (including phenoxy) is 1. The van der Waals surface area contributed by atoms with Gasteiger partial charge in [0.25, 0.3) is 0 Å². The molecule has 1 aliphatic rings. The van der Waals surface area contributed by atoms with E-state index in [9.17, 15) is 4.79 Å². The van der Waals surface area contributed by atoms with E-state index in [1.807, 2.05) is 0 Å². The summed E-state index contributed by atoms with van der Waals surface area (Å²) < 4.78 is 5.08. The molecule has 2 amide bonds. The molecule has 0 saturated carbocycles. The summed E-state index contributed by atoms with van der Waals surface area (Å²) in [5.74, 6) is 0.352. The van der Waals surface area contributed by atoms with Crippen molar-refractivity contribution in [3.8, 4) is 5.88 Å². The maximum absolute atomic E-state index is 12.3. The first-order chi connectivity index (χ1) is 9.26. The topological polar surface area (TPSA) is 93.4 Å². The van der Waals surface area contributed by atoms with Gasteiger partial charge in [0.2, 0.25) is 5.88 Å². The van der Waals surface area contributed by atoms with E-state index in [-0.39, 0.29) is 12.1 Å². The highest BCUT2D eigenvalue weighted by Gasteiger charge is 2.26. The minimum atomic E-state index is -0.178. The predicted octanol–water partition coefficient (Wildman–Crippen LogP) is 0.830. The van der Waals surface area contributed by atoms with Gasteiger partial charge in [0.1, 0.15) is 12.0 Å². The lowest BCUT2D eigenvalue weighted by Gasteiger charge is -2.34. The zero-order chi connectivity index (χ0) is 13.7. The van der Waals surface area contributed by atoms with Crippen molar-refractivity contribution in [2.24, 2.45) is 5.73 Å². The van der Waals surface area contributed by atoms with Crippen LogP contribution in [0.3, 0.4) is 0 Å². The molecule has 1 fully saturated rings. The van der Waals surface area contributed by atoms with Gasteiger partial charge < -0.3 is 20.7 Å². The summed E-state index contributed by atoms with van der Waals surface area (Å²) >= 11 is 0. The van der Waals surface area contributed by atoms with Crippen molar-refractivity contribution in [1.29, 1.82) is 0 Å². The Balaban J connectivity index is 2.07. The quantitative estimate of drug-likeness (QED) is 0.844. The largest absolute Gasteiger partial charge is 0.479 e. The van der Waals surface area contributed by atoms with Gasteiger partial charge in [-0.05, 0) is 19.3 Å². The molecule has 2 rings (SSSR count). The van der Waals surface area contributed by atoms with E-state index in [1.54, 1.807) is 4.90 Å². The second-order valence-electron chi connectivity index (χ2n) is 4.45. The standard InChI is InChI=1S/C12H19N5O2/c1-19-11-10(7-14-8-15-11)16-12(18)17-5-3-2-4-9(17)6-13/h7-9H,2-6,13H2,1H3,(H,16,18). The second kappa shape index (κ2) is 6.33. The van der Waals surface area contributed by atoms with E-state index in [0.717, 1.165) is 25.8 Å². The molecule has 2 heterocycles. The lowest BCUT2D eigenvalue weighted by atomic mass is 10.0. The van der Waals surface area contributed by atoms with Gasteiger partial charge in [-0.15, -0.1) is 0 Å². The first-order valence-corrected chi connectivity index (χ1v) is 6.38. The molecule has 0 aromatic carbocycles. The van der Waals surface area contributed by atoms with Crippen LogP contribution in [-0.2, 0) is 0 Å². The predicted molar refractivity (Wildman–Crippen MR) is 71.0 cm³/mol. The monoisotopic (exact) mass is 265 g/mol. The van der Waals surface area contributed by atoms with Gasteiger partial charge in [-0.25, -0.2) is 9.78 Å². The van der Waals surface area contributed by atoms with Gasteiger partial charge >= 0.3 is 6.03 Å². The van der Waals surface area contributed by atoms with Crippen molar-refractivity contribution in [3.63, 3.8) is 0 Å². The summed E-state index contributed by atoms with van der Waals surface area (Å²) in [6, 6.07) is -0.0763. The molecule has 1 aromatic heterocycles. The maximum Gasteiger partial charge on any atom is 0.322 e. The van der Waals surface area contributed by atoms with Crippen molar-refractivity contribution in [1.82, 2.24) is 14.9 Å². The molecule has 7 heteroatoms. The number of likely N-dealkylation sites (tertiary alicyclic amines) is 1. The first kappa shape index (κ1) is 13.5. The Morgan fingerprint density at radius 3 is 3.21 bits per heavy atom. The van der Waals surface area contributed by atoms with Crippen LogP contribution in [0.5, 0.6) is 5.88 Å². The number of aromatic nitrogens is 2. The van der Waals surface area contributed by atoms with E-state index in [2.05, 4.69) is 15.3 Å². The Kier molecular flexibility index (Phi) is 4.51. The number of nitrogens with zero attached hydrogens (tertiary/aromatic N) is 3. The maximum atomic E-state index is 12.3. The Morgan fingerprint density at radius 1 is 1.63 bits per heavy atom. The lowest BCUT2D eigenvalue weighted by Crippen LogP contribution is -2.49. The summed E-state index contributed by atoms with van der Waals surface area (Å²) in [5.41, 5.74) is 6.18. The highest BCUT2D eigenvalue weighted by atomic mass is 16.5. The minimum absolute atomic E-state index is 0.101. The van der Waals surface area contributed by atoms with Gasteiger partial charge in [0, 0.05) is 19.1 Å². The smallest absolute Gasteiger partial charge is 0.322 e. The van der Waals surface area contributed by atoms with Gasteiger partial charge in [-0.2, -0.15) is 4.98 Å². The molecule has 1 atom stereocenters. The van der Waals surface area contributed by atoms with Gasteiger partial charge in [-0.3, -0.25) is 0 Å². The van der Waals surface area contributed by atoms with Gasteiger partial charge in [0.15, 0.2) is 0 Å². The molecule has 0 bridgehead atoms. The van der Waals surface area contributed by atoms with Crippen LogP contribution in [0.1, 0.15) is 19.3 Å². The van der Waals surface area contributed by atoms with E-state index < -0.39 is 0 Å². The summed E-state index contributed by atoms with van der Waals surface area (Å²) in [7, 11) is 1.50. The normalized spacial score (nSPS) is 19.1. The van der Waals surface area contributed by atoms with Crippen LogP contribution in [0.25, 0.3) is 0 Å². The van der Waals surface area contributed by atoms with Crippen molar-refractivity contribution in [3.05, 3.63) is 12.5 Å². The average molecular weight is 265 g/mol. The number of methoxy groups -OCH3 is 1. The average Bonchev–Trinajstić information content (AvgIpc) is 2.47. The third-order valence-electron chi connectivity index (χ3n) is 3.27. The molecule has 1 aromatic rings. The molecule has 0 aliphatic carbocycles. The summed E-state index contributed by atoms with van der Waals surface area (Å²) in [6.07, 6.45) is 5.96. The van der Waals surface area contributed by atoms with Gasteiger partial charge in [-0.1, -0.05) is 0 Å². The number of piperidine rings is 1. The first-order valence-electron chi connectivity index (χ1n) is 6.38. The number of rotatable bonds is 3. The number of hydrogen-bond donors (Lipinski definition) is 2. The molecule has 19 heavy (non-hydrogen) atoms. The molecule has 104 valence electrons. The van der Waals surface area contributed by atoms with Crippen molar-refractivity contribution in [2.45, 2.75) is 25.3 Å². The Hall–Kier alpha value is -1.89. The highest BCUT2D eigenvalue weighted by Crippen LogP contribution is 2.21. The number of nitrogens with two attached hydrogens (primary N) is 1. The Labute approximate surface area is 112 Å².